The molecule has 0 fully saturated rings. The Balaban J connectivity index is 0.000000336. The van der Waals surface area contributed by atoms with E-state index in [2.05, 4.69) is 60.4 Å². The maximum atomic E-state index is 9.25. The maximum Gasteiger partial charge on any atom is 0.327 e. The van der Waals surface area contributed by atoms with E-state index in [1.807, 2.05) is 6.07 Å². The molecule has 0 aromatic heterocycles. The molecule has 2 nitrogen and oxygen atoms in total. The number of hydrogen-bond acceptors (Lipinski definition) is 1. The molecule has 1 N–H and O–H groups in total. The zero-order chi connectivity index (χ0) is 12.0. The molecule has 0 saturated carbocycles. The molecule has 79 valence electrons. The molecule has 0 aliphatic rings. The van der Waals surface area contributed by atoms with Crippen molar-refractivity contribution in [3.05, 3.63) is 38.2 Å². The van der Waals surface area contributed by atoms with Crippen LogP contribution < -0.4 is 3.58 Å². The molecule has 1 aromatic rings. The zero-order valence-corrected chi connectivity index (χ0v) is 15.0. The maximum absolute atomic E-state index is 9.25. The van der Waals surface area contributed by atoms with Crippen LogP contribution in [0.4, 0.5) is 0 Å². The van der Waals surface area contributed by atoms with Crippen molar-refractivity contribution in [3.8, 4) is 0 Å². The number of hydrogen-bond donors (Lipinski definition) is 1. The third kappa shape index (κ3) is 6.09. The van der Waals surface area contributed by atoms with Gasteiger partial charge in [-0.05, 0) is 0 Å². The molecule has 0 bridgehead atoms. The monoisotopic (exact) mass is 503 g/mol. The van der Waals surface area contributed by atoms with Gasteiger partial charge in [0.05, 0.1) is 0 Å². The second-order valence-electron chi connectivity index (χ2n) is 2.27. The van der Waals surface area contributed by atoms with Crippen LogP contribution in [0.1, 0.15) is 0 Å². The fourth-order valence-corrected chi connectivity index (χ4v) is 2.93. The van der Waals surface area contributed by atoms with E-state index in [0.29, 0.717) is 0 Å². The van der Waals surface area contributed by atoms with E-state index >= 15 is 0 Å². The number of carboxylic acid groups (broad SMARTS) is 1. The van der Waals surface area contributed by atoms with Crippen molar-refractivity contribution < 1.29 is 9.90 Å². The van der Waals surface area contributed by atoms with Gasteiger partial charge in [-0.1, -0.05) is 6.58 Å². The van der Waals surface area contributed by atoms with Crippen molar-refractivity contribution in [2.24, 2.45) is 0 Å². The minimum absolute atomic E-state index is 0.833. The average molecular weight is 505 g/mol. The summed E-state index contributed by atoms with van der Waals surface area (Å²) in [5.74, 6) is -0.981. The Morgan fingerprint density at radius 3 is 2.13 bits per heavy atom. The Kier molecular flexibility index (Phi) is 8.21. The number of halogens is 3. The van der Waals surface area contributed by atoms with Crippen LogP contribution in [-0.2, 0) is 4.79 Å². The molecule has 6 heteroatoms. The van der Waals surface area contributed by atoms with E-state index < -0.39 is 5.97 Å². The van der Waals surface area contributed by atoms with Crippen LogP contribution in [0.25, 0.3) is 0 Å². The summed E-state index contributed by atoms with van der Waals surface area (Å²) in [5, 5.41) is 7.60. The van der Waals surface area contributed by atoms with Crippen molar-refractivity contribution in [3.63, 3.8) is 0 Å². The Hall–Kier alpha value is 0.669. The molecule has 0 aliphatic heterocycles. The Bertz CT molecular complexity index is 353. The van der Waals surface area contributed by atoms with Crippen molar-refractivity contribution in [1.82, 2.24) is 0 Å². The summed E-state index contributed by atoms with van der Waals surface area (Å²) >= 11 is 11.8. The molecule has 0 amide bonds. The van der Waals surface area contributed by atoms with Gasteiger partial charge in [-0.2, -0.15) is 0 Å². The van der Waals surface area contributed by atoms with Gasteiger partial charge in [-0.25, -0.2) is 4.79 Å². The predicted octanol–water partition coefficient (Wildman–Crippen LogP) is 3.02. The molecule has 0 heterocycles. The van der Waals surface area contributed by atoms with E-state index in [1.165, 1.54) is 26.1 Å². The molecule has 3 radical (unpaired) electrons. The molecular weight excluding hydrogens is 499 g/mol. The molecule has 1 rings (SSSR count). The molecule has 15 heavy (non-hydrogen) atoms. The fraction of sp³-hybridized carbons (Fsp3) is 0. The average Bonchev–Trinajstić information content (AvgIpc) is 2.21. The van der Waals surface area contributed by atoms with Crippen LogP contribution >= 0.6 is 47.8 Å². The van der Waals surface area contributed by atoms with Crippen LogP contribution in [0.2, 0.25) is 0 Å². The fourth-order valence-electron chi connectivity index (χ4n) is 0.526. The van der Waals surface area contributed by atoms with E-state index in [-0.39, 0.29) is 0 Å². The van der Waals surface area contributed by atoms with Gasteiger partial charge in [0.15, 0.2) is 0 Å². The van der Waals surface area contributed by atoms with Gasteiger partial charge < -0.3 is 5.11 Å². The Morgan fingerprint density at radius 1 is 1.33 bits per heavy atom. The number of rotatable bonds is 1. The molecular formula is C9H6Br3O2Sn. The van der Waals surface area contributed by atoms with E-state index in [4.69, 9.17) is 5.11 Å². The van der Waals surface area contributed by atoms with Gasteiger partial charge in [-0.15, -0.1) is 0 Å². The number of carboxylic acids is 1. The van der Waals surface area contributed by atoms with Crippen LogP contribution in [0.15, 0.2) is 38.2 Å². The summed E-state index contributed by atoms with van der Waals surface area (Å²) in [6, 6.07) is 4.14. The summed E-state index contributed by atoms with van der Waals surface area (Å²) in [4.78, 5) is 9.25. The van der Waals surface area contributed by atoms with E-state index in [0.717, 1.165) is 19.5 Å². The van der Waals surface area contributed by atoms with Crippen molar-refractivity contribution in [2.45, 2.75) is 0 Å². The molecule has 0 spiro atoms. The molecule has 0 unspecified atom stereocenters. The number of carbonyl (C=O) groups is 1. The second-order valence-corrected chi connectivity index (χ2v) is 6.24. The summed E-state index contributed by atoms with van der Waals surface area (Å²) in [6.07, 6.45) is 0.833. The first-order valence-electron chi connectivity index (χ1n) is 3.60. The van der Waals surface area contributed by atoms with Crippen molar-refractivity contribution in [1.29, 1.82) is 0 Å². The normalized spacial score (nSPS) is 8.80. The largest absolute Gasteiger partial charge is 0.478 e. The Morgan fingerprint density at radius 2 is 1.80 bits per heavy atom. The molecule has 0 saturated heterocycles. The van der Waals surface area contributed by atoms with Crippen molar-refractivity contribution >= 4 is 79.9 Å². The van der Waals surface area contributed by atoms with Crippen LogP contribution in [0.5, 0.6) is 0 Å². The summed E-state index contributed by atoms with van der Waals surface area (Å²) in [7, 11) is 0. The van der Waals surface area contributed by atoms with Gasteiger partial charge in [0.25, 0.3) is 0 Å². The standard InChI is InChI=1S/C6H2Br3.C3H4O2.Sn/c7-4-2-1-3-5(8)6(4)9;1-2-3(4)5;/h1-2H;2H,1H2,(H,4,5);. The number of aliphatic carboxylic acids is 1. The SMILES string of the molecule is Brc1cc[c]([Sn])c(Br)c1Br.C=CC(=O)O. The van der Waals surface area contributed by atoms with Crippen LogP contribution in [-0.4, -0.2) is 33.6 Å². The molecule has 0 aliphatic carbocycles. The van der Waals surface area contributed by atoms with Gasteiger partial charge in [0.2, 0.25) is 0 Å². The van der Waals surface area contributed by atoms with Crippen LogP contribution in [0, 0.1) is 0 Å². The first kappa shape index (κ1) is 15.7. The quantitative estimate of drug-likeness (QED) is 0.363. The summed E-state index contributed by atoms with van der Waals surface area (Å²) in [6.45, 7) is 2.96. The van der Waals surface area contributed by atoms with Crippen molar-refractivity contribution in [2.75, 3.05) is 0 Å². The first-order valence-corrected chi connectivity index (χ1v) is 7.41. The smallest absolute Gasteiger partial charge is 0.327 e. The second kappa shape index (κ2) is 7.86. The molecule has 0 atom stereocenters. The van der Waals surface area contributed by atoms with Gasteiger partial charge in [0.1, 0.15) is 0 Å². The summed E-state index contributed by atoms with van der Waals surface area (Å²) in [5.41, 5.74) is 0. The summed E-state index contributed by atoms with van der Waals surface area (Å²) < 4.78 is 4.66. The van der Waals surface area contributed by atoms with Gasteiger partial charge in [-0.3, -0.25) is 0 Å². The predicted molar refractivity (Wildman–Crippen MR) is 72.8 cm³/mol. The van der Waals surface area contributed by atoms with Gasteiger partial charge in [0, 0.05) is 6.08 Å². The zero-order valence-electron chi connectivity index (χ0n) is 7.43. The first-order chi connectivity index (χ1) is 6.90. The third-order valence-corrected chi connectivity index (χ3v) is 6.82. The third-order valence-electron chi connectivity index (χ3n) is 1.21. The van der Waals surface area contributed by atoms with E-state index in [1.54, 1.807) is 0 Å². The topological polar surface area (TPSA) is 37.3 Å². The Labute approximate surface area is 127 Å². The van der Waals surface area contributed by atoms with E-state index in [9.17, 15) is 4.79 Å². The molecule has 1 aromatic carbocycles. The number of benzene rings is 1. The minimum atomic E-state index is -0.981. The van der Waals surface area contributed by atoms with Crippen LogP contribution in [0.3, 0.4) is 0 Å². The van der Waals surface area contributed by atoms with Gasteiger partial charge >= 0.3 is 105 Å². The minimum Gasteiger partial charge on any atom is -0.478 e.